The second-order valence-electron chi connectivity index (χ2n) is 5.12. The molecule has 3 aromatic rings. The number of aromatic nitrogens is 3. The number of anilines is 1. The van der Waals surface area contributed by atoms with Crippen LogP contribution in [0.25, 0.3) is 11.3 Å². The highest BCUT2D eigenvalue weighted by molar-refractivity contribution is 7.15. The number of nitrogens with one attached hydrogen (secondary N) is 1. The Morgan fingerprint density at radius 3 is 2.86 bits per heavy atom. The van der Waals surface area contributed by atoms with E-state index in [-0.39, 0.29) is 0 Å². The lowest BCUT2D eigenvalue weighted by atomic mass is 10.2. The molecule has 0 bridgehead atoms. The first kappa shape index (κ1) is 12.5. The fourth-order valence-corrected chi connectivity index (χ4v) is 3.01. The van der Waals surface area contributed by atoms with Crippen molar-refractivity contribution in [1.29, 1.82) is 0 Å². The second kappa shape index (κ2) is 5.29. The molecule has 2 heterocycles. The van der Waals surface area contributed by atoms with E-state index in [0.29, 0.717) is 12.5 Å². The molecule has 0 radical (unpaired) electrons. The van der Waals surface area contributed by atoms with Gasteiger partial charge >= 0.3 is 0 Å². The summed E-state index contributed by atoms with van der Waals surface area (Å²) in [4.78, 5) is 0. The fraction of sp³-hybridized carbons (Fsp3) is 0.267. The summed E-state index contributed by atoms with van der Waals surface area (Å²) in [5.41, 5.74) is 1.89. The highest BCUT2D eigenvalue weighted by Crippen LogP contribution is 2.42. The van der Waals surface area contributed by atoms with E-state index in [0.717, 1.165) is 27.2 Å². The molecule has 0 spiro atoms. The molecule has 0 amide bonds. The van der Waals surface area contributed by atoms with Crippen molar-refractivity contribution in [2.24, 2.45) is 0 Å². The minimum Gasteiger partial charge on any atom is -0.356 e. The van der Waals surface area contributed by atoms with Crippen LogP contribution in [0.2, 0.25) is 0 Å². The van der Waals surface area contributed by atoms with Gasteiger partial charge in [0.25, 0.3) is 0 Å². The zero-order valence-electron chi connectivity index (χ0n) is 11.3. The van der Waals surface area contributed by atoms with Crippen LogP contribution in [0.5, 0.6) is 0 Å². The Hall–Kier alpha value is -2.21. The van der Waals surface area contributed by atoms with Gasteiger partial charge in [0.05, 0.1) is 6.54 Å². The van der Waals surface area contributed by atoms with Crippen LogP contribution in [0, 0.1) is 0 Å². The summed E-state index contributed by atoms with van der Waals surface area (Å²) < 4.78 is 5.37. The van der Waals surface area contributed by atoms with E-state index in [9.17, 15) is 0 Å². The Morgan fingerprint density at radius 1 is 1.19 bits per heavy atom. The molecule has 0 saturated heterocycles. The third kappa shape index (κ3) is 2.80. The molecule has 6 heteroatoms. The van der Waals surface area contributed by atoms with Crippen LogP contribution in [-0.4, -0.2) is 15.4 Å². The summed E-state index contributed by atoms with van der Waals surface area (Å²) >= 11 is 1.63. The molecule has 1 aliphatic rings. The molecule has 1 aliphatic carbocycles. The van der Waals surface area contributed by atoms with Crippen LogP contribution < -0.4 is 5.32 Å². The predicted molar refractivity (Wildman–Crippen MR) is 81.1 cm³/mol. The van der Waals surface area contributed by atoms with Gasteiger partial charge in [0.1, 0.15) is 10.7 Å². The van der Waals surface area contributed by atoms with E-state index in [1.165, 1.54) is 12.8 Å². The van der Waals surface area contributed by atoms with Crippen molar-refractivity contribution < 1.29 is 4.52 Å². The first-order valence-corrected chi connectivity index (χ1v) is 7.78. The average molecular weight is 298 g/mol. The molecule has 5 nitrogen and oxygen atoms in total. The Bertz CT molecular complexity index is 733. The predicted octanol–water partition coefficient (Wildman–Crippen LogP) is 3.68. The fourth-order valence-electron chi connectivity index (χ4n) is 2.10. The zero-order valence-corrected chi connectivity index (χ0v) is 12.1. The molecule has 0 aliphatic heterocycles. The summed E-state index contributed by atoms with van der Waals surface area (Å²) in [7, 11) is 0. The van der Waals surface area contributed by atoms with E-state index in [1.807, 2.05) is 36.4 Å². The monoisotopic (exact) mass is 298 g/mol. The zero-order chi connectivity index (χ0) is 14.1. The van der Waals surface area contributed by atoms with Gasteiger partial charge in [-0.15, -0.1) is 10.2 Å². The van der Waals surface area contributed by atoms with Gasteiger partial charge in [-0.1, -0.05) is 46.8 Å². The summed E-state index contributed by atoms with van der Waals surface area (Å²) in [5.74, 6) is 1.43. The summed E-state index contributed by atoms with van der Waals surface area (Å²) in [6.45, 7) is 0.593. The van der Waals surface area contributed by atoms with Crippen molar-refractivity contribution in [2.75, 3.05) is 5.32 Å². The lowest BCUT2D eigenvalue weighted by molar-refractivity contribution is 0.424. The summed E-state index contributed by atoms with van der Waals surface area (Å²) in [6, 6.07) is 11.9. The van der Waals surface area contributed by atoms with Gasteiger partial charge in [-0.05, 0) is 12.8 Å². The van der Waals surface area contributed by atoms with Gasteiger partial charge in [-0.2, -0.15) is 0 Å². The van der Waals surface area contributed by atoms with E-state index in [2.05, 4.69) is 20.7 Å². The van der Waals surface area contributed by atoms with E-state index >= 15 is 0 Å². The van der Waals surface area contributed by atoms with Crippen LogP contribution in [0.1, 0.15) is 29.5 Å². The first-order chi connectivity index (χ1) is 10.4. The van der Waals surface area contributed by atoms with Crippen molar-refractivity contribution in [3.63, 3.8) is 0 Å². The van der Waals surface area contributed by atoms with E-state index < -0.39 is 0 Å². The average Bonchev–Trinajstić information content (AvgIpc) is 3.09. The van der Waals surface area contributed by atoms with Crippen LogP contribution in [0.3, 0.4) is 0 Å². The standard InChI is InChI=1S/C15H14N4OS/c1-2-4-10(5-3-1)13-8-12(19-20-13)9-16-15-18-17-14(21-15)11-6-7-11/h1-5,8,11H,6-7,9H2,(H,16,18). The van der Waals surface area contributed by atoms with Crippen molar-refractivity contribution in [2.45, 2.75) is 25.3 Å². The number of hydrogen-bond donors (Lipinski definition) is 1. The molecule has 4 rings (SSSR count). The Labute approximate surface area is 126 Å². The molecular weight excluding hydrogens is 284 g/mol. The summed E-state index contributed by atoms with van der Waals surface area (Å²) in [6.07, 6.45) is 2.50. The molecule has 106 valence electrons. The van der Waals surface area contributed by atoms with Gasteiger partial charge < -0.3 is 9.84 Å². The first-order valence-electron chi connectivity index (χ1n) is 6.97. The van der Waals surface area contributed by atoms with Crippen molar-refractivity contribution in [3.05, 3.63) is 47.1 Å². The second-order valence-corrected chi connectivity index (χ2v) is 6.13. The molecule has 0 atom stereocenters. The third-order valence-corrected chi connectivity index (χ3v) is 4.45. The number of hydrogen-bond acceptors (Lipinski definition) is 6. The smallest absolute Gasteiger partial charge is 0.206 e. The number of nitrogens with zero attached hydrogens (tertiary/aromatic N) is 3. The minimum atomic E-state index is 0.593. The van der Waals surface area contributed by atoms with E-state index in [1.54, 1.807) is 11.3 Å². The maximum Gasteiger partial charge on any atom is 0.206 e. The quantitative estimate of drug-likeness (QED) is 0.778. The Morgan fingerprint density at radius 2 is 2.05 bits per heavy atom. The van der Waals surface area contributed by atoms with Crippen LogP contribution in [-0.2, 0) is 6.54 Å². The number of benzene rings is 1. The molecule has 1 fully saturated rings. The SMILES string of the molecule is c1ccc(-c2cc(CNc3nnc(C4CC4)s3)no2)cc1. The van der Waals surface area contributed by atoms with Crippen LogP contribution in [0.15, 0.2) is 40.9 Å². The van der Waals surface area contributed by atoms with Gasteiger partial charge in [0.15, 0.2) is 5.76 Å². The molecular formula is C15H14N4OS. The van der Waals surface area contributed by atoms with Crippen molar-refractivity contribution in [1.82, 2.24) is 15.4 Å². The highest BCUT2D eigenvalue weighted by Gasteiger charge is 2.27. The molecule has 2 aromatic heterocycles. The molecule has 1 aromatic carbocycles. The van der Waals surface area contributed by atoms with Gasteiger partial charge in [0.2, 0.25) is 5.13 Å². The van der Waals surface area contributed by atoms with Gasteiger partial charge in [-0.25, -0.2) is 0 Å². The Kier molecular flexibility index (Phi) is 3.16. The normalized spacial score (nSPS) is 14.3. The topological polar surface area (TPSA) is 63.8 Å². The van der Waals surface area contributed by atoms with Crippen LogP contribution >= 0.6 is 11.3 Å². The van der Waals surface area contributed by atoms with Crippen molar-refractivity contribution in [3.8, 4) is 11.3 Å². The largest absolute Gasteiger partial charge is 0.356 e. The Balaban J connectivity index is 1.41. The lowest BCUT2D eigenvalue weighted by Gasteiger charge is -1.96. The highest BCUT2D eigenvalue weighted by atomic mass is 32.1. The summed E-state index contributed by atoms with van der Waals surface area (Å²) in [5, 5.41) is 17.7. The van der Waals surface area contributed by atoms with E-state index in [4.69, 9.17) is 4.52 Å². The molecule has 0 unspecified atom stereocenters. The van der Waals surface area contributed by atoms with Crippen molar-refractivity contribution >= 4 is 16.5 Å². The molecule has 21 heavy (non-hydrogen) atoms. The number of rotatable bonds is 5. The lowest BCUT2D eigenvalue weighted by Crippen LogP contribution is -1.98. The third-order valence-electron chi connectivity index (χ3n) is 3.41. The van der Waals surface area contributed by atoms with Crippen LogP contribution in [0.4, 0.5) is 5.13 Å². The molecule has 1 saturated carbocycles. The van der Waals surface area contributed by atoms with Gasteiger partial charge in [0, 0.05) is 17.5 Å². The van der Waals surface area contributed by atoms with Gasteiger partial charge in [-0.3, -0.25) is 0 Å². The maximum absolute atomic E-state index is 5.37. The maximum atomic E-state index is 5.37. The minimum absolute atomic E-state index is 0.593. The molecule has 1 N–H and O–H groups in total.